The molecule has 10 heteroatoms. The van der Waals surface area contributed by atoms with Gasteiger partial charge in [0.2, 0.25) is 0 Å². The minimum Gasteiger partial charge on any atom is -0.457 e. The van der Waals surface area contributed by atoms with Crippen molar-refractivity contribution in [3.8, 4) is 0 Å². The molecule has 0 rings (SSSR count). The van der Waals surface area contributed by atoms with E-state index in [1.165, 1.54) is 96.3 Å². The number of unbranched alkanes of at least 4 members (excludes halogenated alkanes) is 21. The van der Waals surface area contributed by atoms with Gasteiger partial charge in [-0.3, -0.25) is 13.8 Å². The Balaban J connectivity index is 4.17. The van der Waals surface area contributed by atoms with Gasteiger partial charge in [0.15, 0.2) is 0 Å². The average Bonchev–Trinajstić information content (AvgIpc) is 3.23. The standard InChI is InChI=1S/C49H89O9P/c1-3-5-7-9-11-13-15-17-19-21-22-23-24-25-26-28-30-32-34-36-38-40-42-55-45-48(46-57-59(53,54)56-44-47(51)43-50)58-49(52)41-39-37-35-33-31-29-27-20-18-16-14-12-10-8-6-4-2/h14-17,20-22,24-25,27,47-48,50-51H,3-13,18-19,23,26,28-46H2,1-2H3,(H,53,54)/b16-14-,17-15-,22-21-,25-24-,27-20-. The summed E-state index contributed by atoms with van der Waals surface area (Å²) >= 11 is 0. The number of esters is 1. The summed E-state index contributed by atoms with van der Waals surface area (Å²) in [6.07, 6.45) is 53.2. The molecule has 0 amide bonds. The second kappa shape index (κ2) is 45.7. The minimum absolute atomic E-state index is 0.0346. The molecule has 0 spiro atoms. The molecule has 0 aromatic rings. The highest BCUT2D eigenvalue weighted by Gasteiger charge is 2.26. The molecule has 0 radical (unpaired) electrons. The zero-order chi connectivity index (χ0) is 43.2. The van der Waals surface area contributed by atoms with E-state index >= 15 is 0 Å². The van der Waals surface area contributed by atoms with Gasteiger partial charge in [-0.2, -0.15) is 0 Å². The van der Waals surface area contributed by atoms with Crippen LogP contribution >= 0.6 is 7.82 Å². The van der Waals surface area contributed by atoms with Crippen molar-refractivity contribution in [1.82, 2.24) is 0 Å². The number of rotatable bonds is 45. The van der Waals surface area contributed by atoms with E-state index in [1.807, 2.05) is 0 Å². The number of aliphatic hydroxyl groups excluding tert-OH is 2. The van der Waals surface area contributed by atoms with Gasteiger partial charge >= 0.3 is 13.8 Å². The highest BCUT2D eigenvalue weighted by atomic mass is 31.2. The summed E-state index contributed by atoms with van der Waals surface area (Å²) < 4.78 is 33.4. The van der Waals surface area contributed by atoms with Crippen LogP contribution in [-0.2, 0) is 27.9 Å². The van der Waals surface area contributed by atoms with Crippen LogP contribution < -0.4 is 0 Å². The van der Waals surface area contributed by atoms with E-state index in [9.17, 15) is 19.4 Å². The van der Waals surface area contributed by atoms with Gasteiger partial charge in [-0.25, -0.2) is 4.57 Å². The lowest BCUT2D eigenvalue weighted by molar-refractivity contribution is -0.154. The van der Waals surface area contributed by atoms with Crippen LogP contribution in [0.15, 0.2) is 60.8 Å². The van der Waals surface area contributed by atoms with E-state index in [-0.39, 0.29) is 19.6 Å². The monoisotopic (exact) mass is 853 g/mol. The maximum atomic E-state index is 12.6. The first kappa shape index (κ1) is 57.2. The van der Waals surface area contributed by atoms with E-state index in [1.54, 1.807) is 0 Å². The summed E-state index contributed by atoms with van der Waals surface area (Å²) in [6.45, 7) is 3.45. The molecule has 0 saturated carbocycles. The fraction of sp³-hybridized carbons (Fsp3) is 0.776. The lowest BCUT2D eigenvalue weighted by Crippen LogP contribution is -2.29. The molecule has 9 nitrogen and oxygen atoms in total. The van der Waals surface area contributed by atoms with Crippen LogP contribution in [0.3, 0.4) is 0 Å². The van der Waals surface area contributed by atoms with Gasteiger partial charge in [0, 0.05) is 13.0 Å². The number of allylic oxidation sites excluding steroid dienone is 10. The van der Waals surface area contributed by atoms with Crippen molar-refractivity contribution in [3.63, 3.8) is 0 Å². The summed E-state index contributed by atoms with van der Waals surface area (Å²) in [6, 6.07) is 0. The Kier molecular flexibility index (Phi) is 44.3. The molecule has 3 atom stereocenters. The fourth-order valence-electron chi connectivity index (χ4n) is 6.27. The molecular weight excluding hydrogens is 764 g/mol. The van der Waals surface area contributed by atoms with Crippen molar-refractivity contribution in [2.24, 2.45) is 0 Å². The summed E-state index contributed by atoms with van der Waals surface area (Å²) in [5, 5.41) is 18.4. The molecule has 0 aromatic heterocycles. The fourth-order valence-corrected chi connectivity index (χ4v) is 7.06. The zero-order valence-electron chi connectivity index (χ0n) is 37.7. The Morgan fingerprint density at radius 1 is 0.525 bits per heavy atom. The van der Waals surface area contributed by atoms with E-state index in [4.69, 9.17) is 23.6 Å². The number of aliphatic hydroxyl groups is 2. The van der Waals surface area contributed by atoms with E-state index in [2.05, 4.69) is 74.6 Å². The Bertz CT molecular complexity index is 1100. The Morgan fingerprint density at radius 2 is 0.915 bits per heavy atom. The van der Waals surface area contributed by atoms with E-state index in [0.717, 1.165) is 77.0 Å². The first-order chi connectivity index (χ1) is 28.8. The second-order valence-corrected chi connectivity index (χ2v) is 17.2. The molecule has 3 N–H and O–H groups in total. The maximum absolute atomic E-state index is 12.6. The van der Waals surface area contributed by atoms with Crippen molar-refractivity contribution in [1.29, 1.82) is 0 Å². The van der Waals surface area contributed by atoms with E-state index < -0.39 is 39.2 Å². The van der Waals surface area contributed by atoms with Crippen LogP contribution in [0.1, 0.15) is 200 Å². The van der Waals surface area contributed by atoms with Gasteiger partial charge < -0.3 is 24.6 Å². The van der Waals surface area contributed by atoms with Gasteiger partial charge in [0.1, 0.15) is 12.2 Å². The number of carbonyl (C=O) groups is 1. The van der Waals surface area contributed by atoms with Crippen LogP contribution in [0, 0.1) is 0 Å². The van der Waals surface area contributed by atoms with Crippen molar-refractivity contribution in [2.45, 2.75) is 212 Å². The van der Waals surface area contributed by atoms with Crippen LogP contribution in [0.4, 0.5) is 0 Å². The van der Waals surface area contributed by atoms with Gasteiger partial charge in [0.25, 0.3) is 0 Å². The largest absolute Gasteiger partial charge is 0.472 e. The van der Waals surface area contributed by atoms with Crippen molar-refractivity contribution >= 4 is 13.8 Å². The van der Waals surface area contributed by atoms with Crippen LogP contribution in [0.5, 0.6) is 0 Å². The average molecular weight is 853 g/mol. The van der Waals surface area contributed by atoms with Crippen molar-refractivity contribution in [3.05, 3.63) is 60.8 Å². The Hall–Kier alpha value is -1.84. The molecule has 0 aliphatic carbocycles. The first-order valence-electron chi connectivity index (χ1n) is 23.8. The highest BCUT2D eigenvalue weighted by Crippen LogP contribution is 2.43. The number of phosphoric ester groups is 1. The lowest BCUT2D eigenvalue weighted by atomic mass is 10.1. The Morgan fingerprint density at radius 3 is 1.39 bits per heavy atom. The summed E-state index contributed by atoms with van der Waals surface area (Å²) in [5.74, 6) is -0.401. The van der Waals surface area contributed by atoms with Crippen LogP contribution in [-0.4, -0.2) is 66.3 Å². The predicted octanol–water partition coefficient (Wildman–Crippen LogP) is 13.5. The molecule has 3 unspecified atom stereocenters. The van der Waals surface area contributed by atoms with Gasteiger partial charge in [-0.05, 0) is 83.5 Å². The quantitative estimate of drug-likeness (QED) is 0.0237. The SMILES string of the molecule is CCCCCC/C=C\C/C=C\CCCCCCCC(=O)OC(COCCCCCCCCC/C=C\C/C=C\C/C=C\CCCCCCC)COP(=O)(O)OCC(O)CO. The lowest BCUT2D eigenvalue weighted by Gasteiger charge is -2.20. The predicted molar refractivity (Wildman–Crippen MR) is 246 cm³/mol. The van der Waals surface area contributed by atoms with Crippen molar-refractivity contribution in [2.75, 3.05) is 33.0 Å². The minimum atomic E-state index is -4.53. The molecule has 344 valence electrons. The number of phosphoric acid groups is 1. The zero-order valence-corrected chi connectivity index (χ0v) is 38.6. The number of hydrogen-bond acceptors (Lipinski definition) is 8. The normalized spacial score (nSPS) is 14.5. The smallest absolute Gasteiger partial charge is 0.457 e. The highest BCUT2D eigenvalue weighted by molar-refractivity contribution is 7.47. The van der Waals surface area contributed by atoms with Crippen LogP contribution in [0.25, 0.3) is 0 Å². The molecule has 0 heterocycles. The number of ether oxygens (including phenoxy) is 2. The maximum Gasteiger partial charge on any atom is 0.472 e. The van der Waals surface area contributed by atoms with Gasteiger partial charge in [-0.1, -0.05) is 171 Å². The summed E-state index contributed by atoms with van der Waals surface area (Å²) in [7, 11) is -4.53. The van der Waals surface area contributed by atoms with E-state index in [0.29, 0.717) is 13.0 Å². The third-order valence-corrected chi connectivity index (χ3v) is 10.9. The third-order valence-electron chi connectivity index (χ3n) is 9.93. The first-order valence-corrected chi connectivity index (χ1v) is 25.3. The molecular formula is C49H89O9P. The second-order valence-electron chi connectivity index (χ2n) is 15.8. The topological polar surface area (TPSA) is 132 Å². The molecule has 0 saturated heterocycles. The molecule has 0 fully saturated rings. The molecule has 0 aliphatic heterocycles. The van der Waals surface area contributed by atoms with Gasteiger partial charge in [-0.15, -0.1) is 0 Å². The third kappa shape index (κ3) is 45.5. The summed E-state index contributed by atoms with van der Waals surface area (Å²) in [4.78, 5) is 22.6. The van der Waals surface area contributed by atoms with Crippen molar-refractivity contribution < 1.29 is 43.0 Å². The molecule has 0 bridgehead atoms. The summed E-state index contributed by atoms with van der Waals surface area (Å²) in [5.41, 5.74) is 0. The van der Waals surface area contributed by atoms with Gasteiger partial charge in [0.05, 0.1) is 26.4 Å². The number of carbonyl (C=O) groups excluding carboxylic acids is 1. The molecule has 0 aromatic carbocycles. The number of hydrogen-bond donors (Lipinski definition) is 3. The van der Waals surface area contributed by atoms with Crippen LogP contribution in [0.2, 0.25) is 0 Å². The molecule has 59 heavy (non-hydrogen) atoms. The molecule has 0 aliphatic rings. The Labute approximate surface area is 361 Å².